The van der Waals surface area contributed by atoms with Gasteiger partial charge in [0.1, 0.15) is 5.78 Å². The molecule has 1 nitrogen and oxygen atoms in total. The lowest BCUT2D eigenvalue weighted by Gasteiger charge is -2.15. The molecule has 0 aliphatic heterocycles. The van der Waals surface area contributed by atoms with Crippen LogP contribution in [-0.2, 0) is 4.79 Å². The molecule has 0 amide bonds. The van der Waals surface area contributed by atoms with E-state index in [2.05, 4.69) is 24.8 Å². The van der Waals surface area contributed by atoms with Crippen molar-refractivity contribution < 1.29 is 4.79 Å². The van der Waals surface area contributed by atoms with Gasteiger partial charge in [-0.1, -0.05) is 31.3 Å². The van der Waals surface area contributed by atoms with E-state index in [-0.39, 0.29) is 5.92 Å². The van der Waals surface area contributed by atoms with E-state index >= 15 is 0 Å². The van der Waals surface area contributed by atoms with Crippen molar-refractivity contribution in [3.05, 3.63) is 11.6 Å². The molecule has 2 bridgehead atoms. The molecule has 0 radical (unpaired) electrons. The van der Waals surface area contributed by atoms with Gasteiger partial charge in [-0.25, -0.2) is 0 Å². The number of allylic oxidation sites excluding steroid dienone is 2. The first-order valence-corrected chi connectivity index (χ1v) is 6.05. The predicted molar refractivity (Wildman–Crippen MR) is 61.2 cm³/mol. The molecule has 0 spiro atoms. The average Bonchev–Trinajstić information content (AvgIpc) is 2.50. The molecule has 0 heterocycles. The molecule has 2 aliphatic carbocycles. The number of carbonyl (C=O) groups is 1. The largest absolute Gasteiger partial charge is 0.299 e. The minimum absolute atomic E-state index is 0.165. The first-order valence-electron chi connectivity index (χ1n) is 6.05. The smallest absolute Gasteiger partial charge is 0.144 e. The number of Topliss-reactive ketones (excluding diaryl/α,β-unsaturated/α-hetero) is 1. The number of hydrogen-bond donors (Lipinski definition) is 0. The maximum absolute atomic E-state index is 11.8. The molecule has 0 N–H and O–H groups in total. The minimum Gasteiger partial charge on any atom is -0.299 e. The topological polar surface area (TPSA) is 17.1 Å². The third-order valence-corrected chi connectivity index (χ3v) is 3.44. The standard InChI is InChI=1S/C14H18O/c1-2-3-4-5-6-11-7-8-12-9-10-13(11)14(12)15/h7,12-13H,2-4,8-10H2,1H3/t12-,13-/m0/s1. The molecule has 0 aromatic rings. The number of carbonyl (C=O) groups excluding carboxylic acids is 1. The summed E-state index contributed by atoms with van der Waals surface area (Å²) in [5.41, 5.74) is 1.12. The van der Waals surface area contributed by atoms with Crippen LogP contribution in [0.15, 0.2) is 11.6 Å². The van der Waals surface area contributed by atoms with Gasteiger partial charge in [0.05, 0.1) is 5.92 Å². The first-order chi connectivity index (χ1) is 7.33. The molecule has 15 heavy (non-hydrogen) atoms. The van der Waals surface area contributed by atoms with E-state index in [0.29, 0.717) is 11.7 Å². The lowest BCUT2D eigenvalue weighted by molar-refractivity contribution is -0.123. The van der Waals surface area contributed by atoms with Crippen molar-refractivity contribution in [3.8, 4) is 11.8 Å². The van der Waals surface area contributed by atoms with Gasteiger partial charge < -0.3 is 0 Å². The molecule has 1 saturated carbocycles. The van der Waals surface area contributed by atoms with Gasteiger partial charge in [-0.3, -0.25) is 4.79 Å². The fourth-order valence-electron chi connectivity index (χ4n) is 2.46. The normalized spacial score (nSPS) is 28.3. The Hall–Kier alpha value is -1.03. The van der Waals surface area contributed by atoms with E-state index in [9.17, 15) is 4.79 Å². The summed E-state index contributed by atoms with van der Waals surface area (Å²) in [6, 6.07) is 0. The van der Waals surface area contributed by atoms with E-state index < -0.39 is 0 Å². The zero-order chi connectivity index (χ0) is 10.7. The second kappa shape index (κ2) is 4.66. The van der Waals surface area contributed by atoms with Crippen molar-refractivity contribution in [2.45, 2.75) is 45.4 Å². The van der Waals surface area contributed by atoms with Crippen LogP contribution in [0, 0.1) is 23.7 Å². The van der Waals surface area contributed by atoms with Gasteiger partial charge in [-0.15, -0.1) is 0 Å². The van der Waals surface area contributed by atoms with Crippen LogP contribution in [0.5, 0.6) is 0 Å². The van der Waals surface area contributed by atoms with Crippen LogP contribution in [0.25, 0.3) is 0 Å². The first kappa shape index (κ1) is 10.5. The number of rotatable bonds is 2. The lowest BCUT2D eigenvalue weighted by atomic mass is 9.87. The highest BCUT2D eigenvalue weighted by Gasteiger charge is 2.38. The molecule has 0 saturated heterocycles. The van der Waals surface area contributed by atoms with E-state index in [1.165, 1.54) is 12.8 Å². The summed E-state index contributed by atoms with van der Waals surface area (Å²) in [6.07, 6.45) is 8.59. The van der Waals surface area contributed by atoms with Gasteiger partial charge in [-0.2, -0.15) is 0 Å². The monoisotopic (exact) mass is 202 g/mol. The molecule has 0 aromatic carbocycles. The molecule has 2 aliphatic rings. The van der Waals surface area contributed by atoms with E-state index in [0.717, 1.165) is 31.3 Å². The maximum Gasteiger partial charge on any atom is 0.144 e. The van der Waals surface area contributed by atoms with Gasteiger partial charge in [-0.05, 0) is 25.7 Å². The third-order valence-electron chi connectivity index (χ3n) is 3.44. The van der Waals surface area contributed by atoms with Crippen LogP contribution < -0.4 is 0 Å². The third kappa shape index (κ3) is 2.15. The molecule has 0 aromatic heterocycles. The van der Waals surface area contributed by atoms with E-state index in [4.69, 9.17) is 0 Å². The summed E-state index contributed by atoms with van der Waals surface area (Å²) in [5.74, 6) is 7.34. The Morgan fingerprint density at radius 1 is 1.47 bits per heavy atom. The van der Waals surface area contributed by atoms with E-state index in [1.807, 2.05) is 0 Å². The summed E-state index contributed by atoms with van der Waals surface area (Å²) in [6.45, 7) is 2.17. The van der Waals surface area contributed by atoms with Crippen LogP contribution in [0.4, 0.5) is 0 Å². The van der Waals surface area contributed by atoms with Crippen LogP contribution >= 0.6 is 0 Å². The maximum atomic E-state index is 11.8. The van der Waals surface area contributed by atoms with Crippen molar-refractivity contribution in [3.63, 3.8) is 0 Å². The van der Waals surface area contributed by atoms with Crippen LogP contribution in [0.3, 0.4) is 0 Å². The van der Waals surface area contributed by atoms with E-state index in [1.54, 1.807) is 0 Å². The zero-order valence-corrected chi connectivity index (χ0v) is 9.38. The van der Waals surface area contributed by atoms with Crippen LogP contribution in [-0.4, -0.2) is 5.78 Å². The van der Waals surface area contributed by atoms with Gasteiger partial charge in [0.2, 0.25) is 0 Å². The highest BCUT2D eigenvalue weighted by Crippen LogP contribution is 2.38. The van der Waals surface area contributed by atoms with Crippen molar-refractivity contribution in [1.82, 2.24) is 0 Å². The van der Waals surface area contributed by atoms with Crippen molar-refractivity contribution >= 4 is 5.78 Å². The molecule has 1 heteroatoms. The number of unbranched alkanes of at least 4 members (excludes halogenated alkanes) is 2. The Labute approximate surface area is 91.9 Å². The van der Waals surface area contributed by atoms with Crippen molar-refractivity contribution in [1.29, 1.82) is 0 Å². The molecule has 0 unspecified atom stereocenters. The fourth-order valence-corrected chi connectivity index (χ4v) is 2.46. The fraction of sp³-hybridized carbons (Fsp3) is 0.643. The Bertz CT molecular complexity index is 340. The Balaban J connectivity index is 2.00. The number of fused-ring (bicyclic) bond motifs is 2. The molecular formula is C14H18O. The van der Waals surface area contributed by atoms with Gasteiger partial charge in [0.15, 0.2) is 0 Å². The minimum atomic E-state index is 0.165. The summed E-state index contributed by atoms with van der Waals surface area (Å²) in [4.78, 5) is 11.8. The predicted octanol–water partition coefficient (Wildman–Crippen LogP) is 3.11. The SMILES string of the molecule is CCCCC#CC1=CC[C@H]2CC[C@@H]1C2=O. The van der Waals surface area contributed by atoms with Crippen molar-refractivity contribution in [2.75, 3.05) is 0 Å². The van der Waals surface area contributed by atoms with Crippen LogP contribution in [0.2, 0.25) is 0 Å². The molecule has 1 fully saturated rings. The molecule has 2 atom stereocenters. The average molecular weight is 202 g/mol. The number of hydrogen-bond acceptors (Lipinski definition) is 1. The Morgan fingerprint density at radius 3 is 3.13 bits per heavy atom. The Kier molecular flexibility index (Phi) is 3.26. The van der Waals surface area contributed by atoms with Gasteiger partial charge >= 0.3 is 0 Å². The highest BCUT2D eigenvalue weighted by atomic mass is 16.1. The van der Waals surface area contributed by atoms with Crippen LogP contribution in [0.1, 0.15) is 45.4 Å². The second-order valence-electron chi connectivity index (χ2n) is 4.53. The summed E-state index contributed by atoms with van der Waals surface area (Å²) in [7, 11) is 0. The molecular weight excluding hydrogens is 184 g/mol. The van der Waals surface area contributed by atoms with Gasteiger partial charge in [0.25, 0.3) is 0 Å². The summed E-state index contributed by atoms with van der Waals surface area (Å²) in [5, 5.41) is 0. The highest BCUT2D eigenvalue weighted by molar-refractivity contribution is 5.90. The second-order valence-corrected chi connectivity index (χ2v) is 4.53. The van der Waals surface area contributed by atoms with Crippen molar-refractivity contribution in [2.24, 2.45) is 11.8 Å². The van der Waals surface area contributed by atoms with Gasteiger partial charge in [0, 0.05) is 17.9 Å². The number of ketones is 1. The quantitative estimate of drug-likeness (QED) is 0.496. The molecule has 2 rings (SSSR count). The summed E-state index contributed by atoms with van der Waals surface area (Å²) < 4.78 is 0. The molecule has 80 valence electrons. The summed E-state index contributed by atoms with van der Waals surface area (Å²) >= 11 is 0. The lowest BCUT2D eigenvalue weighted by Crippen LogP contribution is -2.19. The zero-order valence-electron chi connectivity index (χ0n) is 9.38. The Morgan fingerprint density at radius 2 is 2.33 bits per heavy atom.